The van der Waals surface area contributed by atoms with Gasteiger partial charge >= 0.3 is 6.18 Å². The van der Waals surface area contributed by atoms with Gasteiger partial charge in [-0.15, -0.1) is 0 Å². The van der Waals surface area contributed by atoms with Gasteiger partial charge in [0.1, 0.15) is 11.6 Å². The Labute approximate surface area is 141 Å². The minimum atomic E-state index is -4.66. The van der Waals surface area contributed by atoms with Crippen molar-refractivity contribution in [1.82, 2.24) is 4.57 Å². The van der Waals surface area contributed by atoms with Gasteiger partial charge in [0.15, 0.2) is 0 Å². The first kappa shape index (κ1) is 18.1. The lowest BCUT2D eigenvalue weighted by molar-refractivity contribution is -0.138. The number of pyridine rings is 1. The van der Waals surface area contributed by atoms with Crippen molar-refractivity contribution in [2.75, 3.05) is 11.4 Å². The zero-order valence-corrected chi connectivity index (χ0v) is 13.4. The number of hydrogen-bond donors (Lipinski definition) is 0. The van der Waals surface area contributed by atoms with E-state index in [0.29, 0.717) is 29.1 Å². The van der Waals surface area contributed by atoms with Crippen molar-refractivity contribution in [1.29, 1.82) is 0 Å². The van der Waals surface area contributed by atoms with Crippen LogP contribution in [0.3, 0.4) is 0 Å². The van der Waals surface area contributed by atoms with E-state index in [4.69, 9.17) is 11.6 Å². The summed E-state index contributed by atoms with van der Waals surface area (Å²) in [6.07, 6.45) is -4.06. The van der Waals surface area contributed by atoms with Gasteiger partial charge in [0.25, 0.3) is 5.56 Å². The van der Waals surface area contributed by atoms with Gasteiger partial charge in [0.2, 0.25) is 5.91 Å². The fraction of sp³-hybridized carbons (Fsp3) is 0.250. The molecule has 2 rings (SSSR count). The van der Waals surface area contributed by atoms with Crippen LogP contribution in [-0.2, 0) is 17.5 Å². The van der Waals surface area contributed by atoms with Crippen LogP contribution in [0, 0.1) is 0 Å². The number of hydrogen-bond acceptors (Lipinski definition) is 2. The van der Waals surface area contributed by atoms with E-state index < -0.39 is 34.8 Å². The summed E-state index contributed by atoms with van der Waals surface area (Å²) in [7, 11) is 0. The van der Waals surface area contributed by atoms with Crippen molar-refractivity contribution >= 4 is 23.2 Å². The van der Waals surface area contributed by atoms with Gasteiger partial charge in [-0.25, -0.2) is 0 Å². The maximum absolute atomic E-state index is 12.8. The molecule has 0 saturated carbocycles. The lowest BCUT2D eigenvalue weighted by atomic mass is 10.2. The van der Waals surface area contributed by atoms with Crippen molar-refractivity contribution in [3.63, 3.8) is 0 Å². The number of carbonyl (C=O) groups excluding carboxylic acids is 1. The first-order valence-corrected chi connectivity index (χ1v) is 7.44. The normalized spacial score (nSPS) is 11.4. The zero-order chi connectivity index (χ0) is 17.9. The van der Waals surface area contributed by atoms with Crippen LogP contribution >= 0.6 is 11.6 Å². The Bertz CT molecular complexity index is 788. The molecule has 0 fully saturated rings. The molecular formula is C16H14ClF3N2O2. The highest BCUT2D eigenvalue weighted by Crippen LogP contribution is 2.29. The van der Waals surface area contributed by atoms with Crippen LogP contribution in [0.25, 0.3) is 0 Å². The monoisotopic (exact) mass is 358 g/mol. The number of amides is 1. The van der Waals surface area contributed by atoms with E-state index >= 15 is 0 Å². The number of aromatic nitrogens is 1. The lowest BCUT2D eigenvalue weighted by Crippen LogP contribution is -2.36. The molecule has 0 bridgehead atoms. The zero-order valence-electron chi connectivity index (χ0n) is 12.7. The minimum Gasteiger partial charge on any atom is -0.311 e. The number of carbonyl (C=O) groups is 1. The first-order valence-electron chi connectivity index (χ1n) is 7.06. The summed E-state index contributed by atoms with van der Waals surface area (Å²) >= 11 is 5.58. The van der Waals surface area contributed by atoms with Crippen LogP contribution in [0.5, 0.6) is 0 Å². The molecule has 1 amide bonds. The first-order chi connectivity index (χ1) is 11.2. The number of rotatable bonds is 4. The maximum atomic E-state index is 12.8. The van der Waals surface area contributed by atoms with Crippen molar-refractivity contribution in [3.8, 4) is 0 Å². The molecule has 1 aromatic carbocycles. The molecule has 0 spiro atoms. The lowest BCUT2D eigenvalue weighted by Gasteiger charge is -2.22. The van der Waals surface area contributed by atoms with Crippen LogP contribution in [0.15, 0.2) is 47.4 Å². The molecule has 0 saturated heterocycles. The van der Waals surface area contributed by atoms with E-state index in [9.17, 15) is 22.8 Å². The number of benzene rings is 1. The molecule has 1 aromatic heterocycles. The van der Waals surface area contributed by atoms with Gasteiger partial charge in [0.05, 0.1) is 5.56 Å². The molecule has 24 heavy (non-hydrogen) atoms. The smallest absolute Gasteiger partial charge is 0.311 e. The minimum absolute atomic E-state index is 0.310. The number of halogens is 4. The Balaban J connectivity index is 2.35. The molecule has 1 heterocycles. The molecule has 8 heteroatoms. The molecule has 0 aliphatic rings. The average Bonchev–Trinajstić information content (AvgIpc) is 2.52. The SMILES string of the molecule is CCN(C(=O)Cn1cc(C(F)(F)F)cc(Cl)c1=O)c1ccccc1. The summed E-state index contributed by atoms with van der Waals surface area (Å²) in [5.41, 5.74) is -1.33. The molecule has 0 N–H and O–H groups in total. The van der Waals surface area contributed by atoms with Crippen molar-refractivity contribution in [2.45, 2.75) is 19.6 Å². The fourth-order valence-corrected chi connectivity index (χ4v) is 2.44. The molecule has 0 radical (unpaired) electrons. The largest absolute Gasteiger partial charge is 0.417 e. The topological polar surface area (TPSA) is 42.3 Å². The predicted octanol–water partition coefficient (Wildman–Crippen LogP) is 3.57. The van der Waals surface area contributed by atoms with Crippen LogP contribution in [0.4, 0.5) is 18.9 Å². The molecule has 128 valence electrons. The highest BCUT2D eigenvalue weighted by atomic mass is 35.5. The highest BCUT2D eigenvalue weighted by molar-refractivity contribution is 6.30. The fourth-order valence-electron chi connectivity index (χ4n) is 2.21. The molecule has 0 unspecified atom stereocenters. The summed E-state index contributed by atoms with van der Waals surface area (Å²) in [6, 6.07) is 9.20. The number of para-hydroxylation sites is 1. The second-order valence-corrected chi connectivity index (χ2v) is 5.39. The van der Waals surface area contributed by atoms with Crippen LogP contribution < -0.4 is 10.5 Å². The van der Waals surface area contributed by atoms with Crippen LogP contribution in [0.1, 0.15) is 12.5 Å². The third-order valence-electron chi connectivity index (χ3n) is 3.36. The van der Waals surface area contributed by atoms with E-state index in [0.717, 1.165) is 0 Å². The summed E-state index contributed by atoms with van der Waals surface area (Å²) in [5, 5.41) is -0.583. The number of alkyl halides is 3. The van der Waals surface area contributed by atoms with Gasteiger partial charge in [-0.2, -0.15) is 13.2 Å². The summed E-state index contributed by atoms with van der Waals surface area (Å²) in [6.45, 7) is 1.50. The van der Waals surface area contributed by atoms with Crippen molar-refractivity contribution in [2.24, 2.45) is 0 Å². The molecular weight excluding hydrogens is 345 g/mol. The van der Waals surface area contributed by atoms with Gasteiger partial charge < -0.3 is 9.47 Å². The van der Waals surface area contributed by atoms with Gasteiger partial charge in [0, 0.05) is 18.4 Å². The molecule has 0 aliphatic carbocycles. The van der Waals surface area contributed by atoms with Gasteiger partial charge in [-0.05, 0) is 25.1 Å². The van der Waals surface area contributed by atoms with Gasteiger partial charge in [-0.3, -0.25) is 9.59 Å². The third kappa shape index (κ3) is 3.97. The van der Waals surface area contributed by atoms with E-state index in [-0.39, 0.29) is 0 Å². The third-order valence-corrected chi connectivity index (χ3v) is 3.63. The van der Waals surface area contributed by atoms with E-state index in [1.165, 1.54) is 4.90 Å². The van der Waals surface area contributed by atoms with E-state index in [1.807, 2.05) is 0 Å². The van der Waals surface area contributed by atoms with Crippen molar-refractivity contribution in [3.05, 3.63) is 63.5 Å². The van der Waals surface area contributed by atoms with E-state index in [1.54, 1.807) is 37.3 Å². The van der Waals surface area contributed by atoms with Crippen molar-refractivity contribution < 1.29 is 18.0 Å². The molecule has 0 aliphatic heterocycles. The van der Waals surface area contributed by atoms with Gasteiger partial charge in [-0.1, -0.05) is 29.8 Å². The Morgan fingerprint density at radius 3 is 2.42 bits per heavy atom. The second kappa shape index (κ2) is 7.09. The summed E-state index contributed by atoms with van der Waals surface area (Å²) < 4.78 is 39.2. The molecule has 2 aromatic rings. The summed E-state index contributed by atoms with van der Waals surface area (Å²) in [5.74, 6) is -0.513. The molecule has 0 atom stereocenters. The summed E-state index contributed by atoms with van der Waals surface area (Å²) in [4.78, 5) is 25.7. The quantitative estimate of drug-likeness (QED) is 0.838. The Morgan fingerprint density at radius 2 is 1.88 bits per heavy atom. The number of anilines is 1. The maximum Gasteiger partial charge on any atom is 0.417 e. The van der Waals surface area contributed by atoms with E-state index in [2.05, 4.69) is 0 Å². The Kier molecular flexibility index (Phi) is 5.33. The predicted molar refractivity (Wildman–Crippen MR) is 85.2 cm³/mol. The van der Waals surface area contributed by atoms with Crippen LogP contribution in [-0.4, -0.2) is 17.0 Å². The number of likely N-dealkylation sites (N-methyl/N-ethyl adjacent to an activating group) is 1. The molecule has 4 nitrogen and oxygen atoms in total. The Morgan fingerprint density at radius 1 is 1.25 bits per heavy atom. The van der Waals surface area contributed by atoms with Crippen LogP contribution in [0.2, 0.25) is 5.02 Å². The standard InChI is InChI=1S/C16H14ClF3N2O2/c1-2-22(12-6-4-3-5-7-12)14(23)10-21-9-11(16(18,19)20)8-13(17)15(21)24/h3-9H,2,10H2,1H3. The average molecular weight is 359 g/mol. The highest BCUT2D eigenvalue weighted by Gasteiger charge is 2.32. The second-order valence-electron chi connectivity index (χ2n) is 4.98. The number of nitrogens with zero attached hydrogens (tertiary/aromatic N) is 2. The Hall–Kier alpha value is -2.28.